The van der Waals surface area contributed by atoms with Gasteiger partial charge in [-0.25, -0.2) is 0 Å². The minimum Gasteiger partial charge on any atom is -0.485 e. The van der Waals surface area contributed by atoms with Crippen LogP contribution in [0.4, 0.5) is 0 Å². The number of halogens is 1. The molecule has 0 aliphatic carbocycles. The van der Waals surface area contributed by atoms with Crippen molar-refractivity contribution < 1.29 is 14.3 Å². The van der Waals surface area contributed by atoms with Gasteiger partial charge in [-0.15, -0.1) is 12.4 Å². The zero-order valence-electron chi connectivity index (χ0n) is 11.4. The van der Waals surface area contributed by atoms with E-state index in [1.807, 2.05) is 29.2 Å². The molecule has 2 heterocycles. The molecule has 1 fully saturated rings. The van der Waals surface area contributed by atoms with Crippen molar-refractivity contribution in [3.63, 3.8) is 0 Å². The second-order valence-electron chi connectivity index (χ2n) is 5.00. The number of amides is 1. The van der Waals surface area contributed by atoms with Gasteiger partial charge < -0.3 is 19.7 Å². The van der Waals surface area contributed by atoms with E-state index in [1.165, 1.54) is 0 Å². The van der Waals surface area contributed by atoms with Crippen LogP contribution in [0.1, 0.15) is 6.92 Å². The Bertz CT molecular complexity index is 483. The fourth-order valence-electron chi connectivity index (χ4n) is 2.48. The van der Waals surface area contributed by atoms with Gasteiger partial charge in [-0.2, -0.15) is 0 Å². The molecule has 1 aromatic carbocycles. The lowest BCUT2D eigenvalue weighted by Crippen LogP contribution is -2.55. The van der Waals surface area contributed by atoms with Crippen molar-refractivity contribution in [2.45, 2.75) is 19.1 Å². The molecule has 20 heavy (non-hydrogen) atoms. The number of nitrogens with zero attached hydrogens (tertiary/aromatic N) is 1. The molecule has 2 aliphatic rings. The van der Waals surface area contributed by atoms with Crippen LogP contribution in [-0.4, -0.2) is 49.2 Å². The van der Waals surface area contributed by atoms with Crippen molar-refractivity contribution in [1.29, 1.82) is 0 Å². The van der Waals surface area contributed by atoms with Crippen LogP contribution in [0, 0.1) is 0 Å². The summed E-state index contributed by atoms with van der Waals surface area (Å²) in [6, 6.07) is 7.78. The Morgan fingerprint density at radius 2 is 2.10 bits per heavy atom. The zero-order chi connectivity index (χ0) is 13.2. The van der Waals surface area contributed by atoms with E-state index < -0.39 is 6.10 Å². The molecule has 0 radical (unpaired) electrons. The highest BCUT2D eigenvalue weighted by Gasteiger charge is 2.32. The lowest BCUT2D eigenvalue weighted by molar-refractivity contribution is -0.142. The SMILES string of the molecule is C[C@H]1CN(C(=O)C2COc3ccccc3O2)CCN1.Cl. The molecule has 1 unspecified atom stereocenters. The first kappa shape index (κ1) is 14.9. The summed E-state index contributed by atoms with van der Waals surface area (Å²) in [4.78, 5) is 14.3. The average molecular weight is 299 g/mol. The van der Waals surface area contributed by atoms with Crippen molar-refractivity contribution in [2.24, 2.45) is 0 Å². The maximum atomic E-state index is 12.4. The Morgan fingerprint density at radius 3 is 2.85 bits per heavy atom. The van der Waals surface area contributed by atoms with Gasteiger partial charge in [0.2, 0.25) is 6.10 Å². The van der Waals surface area contributed by atoms with Crippen LogP contribution in [-0.2, 0) is 4.79 Å². The number of carbonyl (C=O) groups is 1. The van der Waals surface area contributed by atoms with Crippen molar-refractivity contribution >= 4 is 18.3 Å². The minimum atomic E-state index is -0.528. The number of para-hydroxylation sites is 2. The van der Waals surface area contributed by atoms with Crippen LogP contribution in [0.5, 0.6) is 11.5 Å². The van der Waals surface area contributed by atoms with Crippen LogP contribution in [0.15, 0.2) is 24.3 Å². The van der Waals surface area contributed by atoms with Gasteiger partial charge in [0.25, 0.3) is 5.91 Å². The third-order valence-corrected chi connectivity index (χ3v) is 3.46. The van der Waals surface area contributed by atoms with Gasteiger partial charge in [-0.05, 0) is 19.1 Å². The number of nitrogens with one attached hydrogen (secondary N) is 1. The molecule has 0 spiro atoms. The van der Waals surface area contributed by atoms with Gasteiger partial charge in [0, 0.05) is 25.7 Å². The summed E-state index contributed by atoms with van der Waals surface area (Å²) in [5.74, 6) is 1.37. The summed E-state index contributed by atoms with van der Waals surface area (Å²) < 4.78 is 11.3. The molecule has 5 nitrogen and oxygen atoms in total. The summed E-state index contributed by atoms with van der Waals surface area (Å²) in [7, 11) is 0. The topological polar surface area (TPSA) is 50.8 Å². The van der Waals surface area contributed by atoms with Gasteiger partial charge in [0.15, 0.2) is 11.5 Å². The van der Waals surface area contributed by atoms with Crippen LogP contribution in [0.25, 0.3) is 0 Å². The molecule has 1 aromatic rings. The summed E-state index contributed by atoms with van der Waals surface area (Å²) in [6.45, 7) is 4.64. The number of hydrogen-bond donors (Lipinski definition) is 1. The van der Waals surface area contributed by atoms with Gasteiger partial charge in [0.05, 0.1) is 0 Å². The number of hydrogen-bond acceptors (Lipinski definition) is 4. The highest BCUT2D eigenvalue weighted by molar-refractivity contribution is 5.85. The second-order valence-corrected chi connectivity index (χ2v) is 5.00. The largest absolute Gasteiger partial charge is 0.485 e. The first-order valence-corrected chi connectivity index (χ1v) is 6.64. The highest BCUT2D eigenvalue weighted by Crippen LogP contribution is 2.31. The van der Waals surface area contributed by atoms with Crippen LogP contribution in [0.2, 0.25) is 0 Å². The molecule has 1 saturated heterocycles. The molecule has 1 N–H and O–H groups in total. The third kappa shape index (κ3) is 2.99. The number of fused-ring (bicyclic) bond motifs is 1. The van der Waals surface area contributed by atoms with Gasteiger partial charge in [-0.1, -0.05) is 12.1 Å². The van der Waals surface area contributed by atoms with Crippen molar-refractivity contribution in [3.05, 3.63) is 24.3 Å². The minimum absolute atomic E-state index is 0. The lowest BCUT2D eigenvalue weighted by Gasteiger charge is -2.35. The van der Waals surface area contributed by atoms with Crippen molar-refractivity contribution in [2.75, 3.05) is 26.2 Å². The van der Waals surface area contributed by atoms with E-state index in [-0.39, 0.29) is 24.9 Å². The van der Waals surface area contributed by atoms with Crippen molar-refractivity contribution in [1.82, 2.24) is 10.2 Å². The molecular weight excluding hydrogens is 280 g/mol. The molecular formula is C14H19ClN2O3. The van der Waals surface area contributed by atoms with E-state index in [0.29, 0.717) is 17.5 Å². The number of rotatable bonds is 1. The molecule has 3 rings (SSSR count). The zero-order valence-corrected chi connectivity index (χ0v) is 12.2. The predicted octanol–water partition coefficient (Wildman–Crippen LogP) is 1.07. The normalized spacial score (nSPS) is 24.8. The Labute approximate surface area is 124 Å². The fourth-order valence-corrected chi connectivity index (χ4v) is 2.48. The quantitative estimate of drug-likeness (QED) is 0.843. The van der Waals surface area contributed by atoms with Crippen LogP contribution in [0.3, 0.4) is 0 Å². The summed E-state index contributed by atoms with van der Waals surface area (Å²) >= 11 is 0. The average Bonchev–Trinajstić information content (AvgIpc) is 2.46. The number of benzene rings is 1. The highest BCUT2D eigenvalue weighted by atomic mass is 35.5. The molecule has 0 saturated carbocycles. The van der Waals surface area contributed by atoms with E-state index in [1.54, 1.807) is 0 Å². The fraction of sp³-hybridized carbons (Fsp3) is 0.500. The summed E-state index contributed by atoms with van der Waals surface area (Å²) in [5.41, 5.74) is 0. The first-order chi connectivity index (χ1) is 9.24. The van der Waals surface area contributed by atoms with Gasteiger partial charge in [-0.3, -0.25) is 4.79 Å². The Morgan fingerprint density at radius 1 is 1.35 bits per heavy atom. The molecule has 0 bridgehead atoms. The molecule has 6 heteroatoms. The van der Waals surface area contributed by atoms with Gasteiger partial charge >= 0.3 is 0 Å². The predicted molar refractivity (Wildman–Crippen MR) is 77.6 cm³/mol. The summed E-state index contributed by atoms with van der Waals surface area (Å²) in [5, 5.41) is 3.32. The Kier molecular flexibility index (Phi) is 4.73. The number of carbonyl (C=O) groups excluding carboxylic acids is 1. The van der Waals surface area contributed by atoms with E-state index in [2.05, 4.69) is 12.2 Å². The van der Waals surface area contributed by atoms with Gasteiger partial charge in [0.1, 0.15) is 6.61 Å². The molecule has 110 valence electrons. The second kappa shape index (κ2) is 6.33. The molecule has 0 aromatic heterocycles. The lowest BCUT2D eigenvalue weighted by atomic mass is 10.2. The van der Waals surface area contributed by atoms with Crippen molar-refractivity contribution in [3.8, 4) is 11.5 Å². The third-order valence-electron chi connectivity index (χ3n) is 3.46. The van der Waals surface area contributed by atoms with E-state index >= 15 is 0 Å². The van der Waals surface area contributed by atoms with E-state index in [9.17, 15) is 4.79 Å². The smallest absolute Gasteiger partial charge is 0.267 e. The van der Waals surface area contributed by atoms with Crippen LogP contribution < -0.4 is 14.8 Å². The van der Waals surface area contributed by atoms with E-state index in [0.717, 1.165) is 19.6 Å². The monoisotopic (exact) mass is 298 g/mol. The maximum Gasteiger partial charge on any atom is 0.267 e. The number of piperazine rings is 1. The summed E-state index contributed by atoms with van der Waals surface area (Å²) in [6.07, 6.45) is -0.528. The Hall–Kier alpha value is -1.46. The standard InChI is InChI=1S/C14H18N2O3.ClH/c1-10-8-16(7-6-15-10)14(17)13-9-18-11-4-2-3-5-12(11)19-13;/h2-5,10,13,15H,6-9H2,1H3;1H/t10-,13?;/m0./s1. The number of ether oxygens (including phenoxy) is 2. The Balaban J connectivity index is 0.00000147. The molecule has 2 atom stereocenters. The van der Waals surface area contributed by atoms with Crippen LogP contribution >= 0.6 is 12.4 Å². The van der Waals surface area contributed by atoms with E-state index in [4.69, 9.17) is 9.47 Å². The molecule has 1 amide bonds. The molecule has 2 aliphatic heterocycles. The first-order valence-electron chi connectivity index (χ1n) is 6.64. The maximum absolute atomic E-state index is 12.4.